The van der Waals surface area contributed by atoms with Crippen molar-refractivity contribution in [2.45, 2.75) is 0 Å². The van der Waals surface area contributed by atoms with Crippen molar-refractivity contribution in [2.75, 3.05) is 0 Å². The highest BCUT2D eigenvalue weighted by Gasteiger charge is 2.23. The Morgan fingerprint density at radius 3 is 0.958 bits per heavy atom. The molecule has 72 heavy (non-hydrogen) atoms. The largest absolute Gasteiger partial charge is 0.309 e. The minimum atomic E-state index is 0.509. The second kappa shape index (κ2) is 15.5. The summed E-state index contributed by atoms with van der Waals surface area (Å²) >= 11 is 0. The zero-order valence-corrected chi connectivity index (χ0v) is 38.5. The quantitative estimate of drug-likeness (QED) is 0.166. The number of nitrogens with zero attached hydrogens (tertiary/aromatic N) is 8. The first-order chi connectivity index (χ1) is 35.7. The first kappa shape index (κ1) is 39.9. The molecule has 10 aromatic carbocycles. The van der Waals surface area contributed by atoms with E-state index in [1.807, 2.05) is 24.3 Å². The first-order valence-corrected chi connectivity index (χ1v) is 24.1. The molecule has 0 saturated carbocycles. The Hall–Kier alpha value is -10.1. The SMILES string of the molecule is N#Cc1ccc(-c2ccc(-c3nc(-n4c5ccccc5c5cc(-n6c7ccccc7c7ccccc76)ccc54)nc(-n4c5ccccc5c5cc(-n6c7ccccc7c7ccccc76)ccc54)n3)cc2)cc1. The molecule has 334 valence electrons. The van der Waals surface area contributed by atoms with Crippen LogP contribution in [-0.2, 0) is 0 Å². The van der Waals surface area contributed by atoms with Crippen LogP contribution in [0.5, 0.6) is 0 Å². The predicted molar refractivity (Wildman–Crippen MR) is 293 cm³/mol. The molecule has 0 atom stereocenters. The van der Waals surface area contributed by atoms with Crippen LogP contribution in [0.15, 0.2) is 231 Å². The number of para-hydroxylation sites is 6. The summed E-state index contributed by atoms with van der Waals surface area (Å²) in [6.07, 6.45) is 0. The second-order valence-electron chi connectivity index (χ2n) is 18.4. The minimum Gasteiger partial charge on any atom is -0.309 e. The van der Waals surface area contributed by atoms with Gasteiger partial charge in [0, 0.05) is 60.0 Å². The predicted octanol–water partition coefficient (Wildman–Crippen LogP) is 15.5. The summed E-state index contributed by atoms with van der Waals surface area (Å²) < 4.78 is 9.11. The Bertz CT molecular complexity index is 4400. The molecule has 0 bridgehead atoms. The van der Waals surface area contributed by atoms with E-state index in [4.69, 9.17) is 15.0 Å². The van der Waals surface area contributed by atoms with Crippen molar-refractivity contribution >= 4 is 87.2 Å². The molecule has 0 unspecified atom stereocenters. The molecule has 0 aliphatic rings. The van der Waals surface area contributed by atoms with Crippen molar-refractivity contribution in [3.63, 3.8) is 0 Å². The fourth-order valence-electron chi connectivity index (χ4n) is 11.3. The number of hydrogen-bond acceptors (Lipinski definition) is 4. The summed E-state index contributed by atoms with van der Waals surface area (Å²) in [5, 5.41) is 18.7. The van der Waals surface area contributed by atoms with Crippen molar-refractivity contribution in [3.8, 4) is 51.9 Å². The topological polar surface area (TPSA) is 82.2 Å². The van der Waals surface area contributed by atoms with Gasteiger partial charge in [-0.05, 0) is 96.1 Å². The maximum Gasteiger partial charge on any atom is 0.240 e. The van der Waals surface area contributed by atoms with Gasteiger partial charge in [-0.25, -0.2) is 0 Å². The lowest BCUT2D eigenvalue weighted by Crippen LogP contribution is -2.10. The third-order valence-corrected chi connectivity index (χ3v) is 14.5. The van der Waals surface area contributed by atoms with Crippen LogP contribution < -0.4 is 0 Å². The van der Waals surface area contributed by atoms with Gasteiger partial charge in [0.05, 0.1) is 55.8 Å². The lowest BCUT2D eigenvalue weighted by molar-refractivity contribution is 0.892. The van der Waals surface area contributed by atoms with E-state index in [-0.39, 0.29) is 0 Å². The Kier molecular flexibility index (Phi) is 8.55. The molecule has 0 fully saturated rings. The summed E-state index contributed by atoms with van der Waals surface area (Å²) in [4.78, 5) is 16.3. The van der Waals surface area contributed by atoms with Gasteiger partial charge in [-0.3, -0.25) is 9.13 Å². The van der Waals surface area contributed by atoms with Crippen LogP contribution in [0.1, 0.15) is 5.56 Å². The highest BCUT2D eigenvalue weighted by atomic mass is 15.3. The maximum atomic E-state index is 9.44. The molecule has 15 rings (SSSR count). The third-order valence-electron chi connectivity index (χ3n) is 14.5. The van der Waals surface area contributed by atoms with E-state index in [0.717, 1.165) is 93.7 Å². The molecule has 5 heterocycles. The van der Waals surface area contributed by atoms with Crippen molar-refractivity contribution in [1.82, 2.24) is 33.2 Å². The number of hydrogen-bond donors (Lipinski definition) is 0. The van der Waals surface area contributed by atoms with Crippen molar-refractivity contribution < 1.29 is 0 Å². The summed E-state index contributed by atoms with van der Waals surface area (Å²) in [6.45, 7) is 0. The molecule has 0 radical (unpaired) electrons. The smallest absolute Gasteiger partial charge is 0.240 e. The molecule has 8 heteroatoms. The van der Waals surface area contributed by atoms with Gasteiger partial charge in [0.2, 0.25) is 11.9 Å². The molecule has 0 aliphatic carbocycles. The molecule has 5 aromatic heterocycles. The van der Waals surface area contributed by atoms with E-state index in [0.29, 0.717) is 23.3 Å². The van der Waals surface area contributed by atoms with Crippen molar-refractivity contribution in [1.29, 1.82) is 5.26 Å². The molecule has 0 aliphatic heterocycles. The summed E-state index contributed by atoms with van der Waals surface area (Å²) in [5.74, 6) is 1.56. The molecular formula is C64H38N8. The van der Waals surface area contributed by atoms with E-state index in [9.17, 15) is 5.26 Å². The van der Waals surface area contributed by atoms with Gasteiger partial charge in [0.25, 0.3) is 0 Å². The number of rotatable bonds is 6. The highest BCUT2D eigenvalue weighted by molar-refractivity contribution is 6.14. The first-order valence-electron chi connectivity index (χ1n) is 24.1. The van der Waals surface area contributed by atoms with Crippen LogP contribution in [0, 0.1) is 11.3 Å². The van der Waals surface area contributed by atoms with Crippen LogP contribution in [0.25, 0.3) is 133 Å². The zero-order valence-electron chi connectivity index (χ0n) is 38.5. The Morgan fingerprint density at radius 1 is 0.278 bits per heavy atom. The van der Waals surface area contributed by atoms with Crippen LogP contribution in [0.4, 0.5) is 0 Å². The van der Waals surface area contributed by atoms with Gasteiger partial charge in [0.15, 0.2) is 5.82 Å². The van der Waals surface area contributed by atoms with E-state index in [2.05, 4.69) is 231 Å². The number of aromatic nitrogens is 7. The van der Waals surface area contributed by atoms with Gasteiger partial charge in [-0.2, -0.15) is 20.2 Å². The van der Waals surface area contributed by atoms with Crippen molar-refractivity contribution in [2.24, 2.45) is 0 Å². The molecule has 8 nitrogen and oxygen atoms in total. The van der Waals surface area contributed by atoms with E-state index in [1.165, 1.54) is 21.5 Å². The minimum absolute atomic E-state index is 0.509. The monoisotopic (exact) mass is 918 g/mol. The summed E-state index contributed by atoms with van der Waals surface area (Å²) in [7, 11) is 0. The lowest BCUT2D eigenvalue weighted by Gasteiger charge is -2.13. The van der Waals surface area contributed by atoms with Gasteiger partial charge in [-0.15, -0.1) is 0 Å². The zero-order chi connectivity index (χ0) is 47.4. The summed E-state index contributed by atoms with van der Waals surface area (Å²) in [6, 6.07) is 83.3. The second-order valence-corrected chi connectivity index (χ2v) is 18.4. The Morgan fingerprint density at radius 2 is 0.583 bits per heavy atom. The average molecular weight is 919 g/mol. The number of nitriles is 1. The average Bonchev–Trinajstić information content (AvgIpc) is 4.18. The molecule has 0 saturated heterocycles. The van der Waals surface area contributed by atoms with Gasteiger partial charge >= 0.3 is 0 Å². The summed E-state index contributed by atoms with van der Waals surface area (Å²) in [5.41, 5.74) is 14.3. The fourth-order valence-corrected chi connectivity index (χ4v) is 11.3. The Balaban J connectivity index is 0.963. The van der Waals surface area contributed by atoms with E-state index in [1.54, 1.807) is 0 Å². The van der Waals surface area contributed by atoms with Gasteiger partial charge < -0.3 is 9.13 Å². The fraction of sp³-hybridized carbons (Fsp3) is 0. The molecule has 15 aromatic rings. The van der Waals surface area contributed by atoms with Crippen LogP contribution in [-0.4, -0.2) is 33.2 Å². The third kappa shape index (κ3) is 5.89. The van der Waals surface area contributed by atoms with Crippen LogP contribution in [0.3, 0.4) is 0 Å². The van der Waals surface area contributed by atoms with E-state index < -0.39 is 0 Å². The highest BCUT2D eigenvalue weighted by Crippen LogP contribution is 2.40. The van der Waals surface area contributed by atoms with Crippen LogP contribution >= 0.6 is 0 Å². The van der Waals surface area contributed by atoms with Gasteiger partial charge in [-0.1, -0.05) is 146 Å². The lowest BCUT2D eigenvalue weighted by atomic mass is 10.0. The Labute approximate surface area is 411 Å². The standard InChI is InChI=1S/C64H38N8/c65-39-40-25-27-41(28-26-40)42-29-31-43(32-30-42)62-66-63(71-58-23-11-5-17-50(58)52-37-44(33-35-60(52)71)69-54-19-7-1-13-46(54)47-14-2-8-20-55(47)69)68-64(67-62)72-59-24-12-6-18-51(59)53-38-45(34-36-61(53)72)70-56-21-9-3-15-48(56)49-16-4-10-22-57(49)70/h1-38H. The number of fused-ring (bicyclic) bond motifs is 12. The van der Waals surface area contributed by atoms with Crippen LogP contribution in [0.2, 0.25) is 0 Å². The molecule has 0 N–H and O–H groups in total. The van der Waals surface area contributed by atoms with E-state index >= 15 is 0 Å². The maximum absolute atomic E-state index is 9.44. The van der Waals surface area contributed by atoms with Gasteiger partial charge in [0.1, 0.15) is 0 Å². The molecule has 0 spiro atoms. The molecular weight excluding hydrogens is 881 g/mol. The normalized spacial score (nSPS) is 11.9. The van der Waals surface area contributed by atoms with Crippen molar-refractivity contribution in [3.05, 3.63) is 236 Å². The number of benzene rings is 10. The molecule has 0 amide bonds.